The van der Waals surface area contributed by atoms with Crippen LogP contribution in [0.5, 0.6) is 5.75 Å². The van der Waals surface area contributed by atoms with E-state index in [0.717, 1.165) is 31.5 Å². The van der Waals surface area contributed by atoms with Crippen molar-refractivity contribution >= 4 is 152 Å². The van der Waals surface area contributed by atoms with Crippen LogP contribution in [0.3, 0.4) is 0 Å². The molecule has 3 aliphatic rings. The molecule has 3 saturated heterocycles. The van der Waals surface area contributed by atoms with Crippen LogP contribution in [0.25, 0.3) is 21.8 Å². The van der Waals surface area contributed by atoms with Crippen LogP contribution in [-0.2, 0) is 122 Å². The number of fused-ring (bicyclic) bond motifs is 4. The maximum absolute atomic E-state index is 15.9. The number of phenols is 1. The molecule has 8 rings (SSSR count). The number of aromatic amines is 1. The van der Waals surface area contributed by atoms with Crippen LogP contribution < -0.4 is 70.4 Å². The van der Waals surface area contributed by atoms with Crippen molar-refractivity contribution < 1.29 is 127 Å². The van der Waals surface area contributed by atoms with Crippen molar-refractivity contribution in [3.05, 3.63) is 102 Å². The number of aromatic nitrogens is 2. The number of unbranched alkanes of at least 4 members (excludes halogenated alkanes) is 2. The zero-order chi connectivity index (χ0) is 99.4. The van der Waals surface area contributed by atoms with Gasteiger partial charge in [-0.15, -0.1) is 11.8 Å². The first kappa shape index (κ1) is 107. The number of carbonyl (C=O) groups excluding carboxylic acids is 16. The monoisotopic (exact) mass is 1900 g/mol. The van der Waals surface area contributed by atoms with Crippen LogP contribution in [-0.4, -0.2) is 339 Å². The van der Waals surface area contributed by atoms with Crippen molar-refractivity contribution in [1.82, 2.24) is 87.2 Å². The zero-order valence-electron chi connectivity index (χ0n) is 75.6. The number of carboxylic acid groups (broad SMARTS) is 4. The van der Waals surface area contributed by atoms with Gasteiger partial charge in [0.05, 0.1) is 31.2 Å². The van der Waals surface area contributed by atoms with Gasteiger partial charge in [-0.25, -0.2) is 0 Å². The number of rotatable bonds is 27. The highest BCUT2D eigenvalue weighted by Crippen LogP contribution is 2.29. The van der Waals surface area contributed by atoms with E-state index in [1.165, 1.54) is 56.0 Å². The van der Waals surface area contributed by atoms with Crippen molar-refractivity contribution in [2.75, 3.05) is 65.4 Å². The Balaban J connectivity index is 1.21. The van der Waals surface area contributed by atoms with Gasteiger partial charge in [-0.05, 0) is 92.9 Å². The van der Waals surface area contributed by atoms with Gasteiger partial charge in [0, 0.05) is 113 Å². The van der Waals surface area contributed by atoms with E-state index in [1.54, 1.807) is 68.6 Å². The van der Waals surface area contributed by atoms with E-state index in [4.69, 9.17) is 17.2 Å². The number of benzene rings is 3. The highest BCUT2D eigenvalue weighted by Gasteiger charge is 2.47. The molecule has 2 aromatic heterocycles. The van der Waals surface area contributed by atoms with Crippen LogP contribution in [0.4, 0.5) is 0 Å². The standard InChI is InChI=1S/C88H120N20O26S/c1-7-9-19-65-81(127)98-58(36-72(115)116)79(125)102-63(76(122)93-40-69(91)111)44-135-45-70(112)94-59(32-47-23-25-50(109)26-24-47)84(130)103(4)46(3)75(121)99-61(37-73(117)118)87(133)107-31-15-22-66(107)82(128)101-62(38-90)80(126)96-56(27-28-71(113)114)86(132)108-42-51(110)35-68(108)83(129)97-57(33-48-39-92-54-18-13-11-16-52(48)54)78(124)95-55(29-30-89)77(123)100-60(85(131)105(6)67(20-10-8-2)88(134)104(65)5)34-49-41-106(43-74(119)120)64-21-14-12-17-53(49)64/h11-14,16-18,21,23-26,39,41,46,51,55-63,65-68,92,109-110H,7-10,15,19-20,22,27-38,40,42-45,89-90H2,1-6H3,(H2,91,111)(H,93,122)(H,94,112)(H,95,124)(H,96,126)(H,97,129)(H,98,127)(H,99,121)(H,100,123)(H,101,128)(H,102,125)(H,113,114)(H,115,116)(H,117,118)(H,119,120)/t46-,51+,55-,56-,57-,58-,59-,60-,61-,62-,63-,65-,66?,67-,68-/m0/s1. The Kier molecular flexibility index (Phi) is 39.7. The van der Waals surface area contributed by atoms with E-state index in [-0.39, 0.29) is 76.6 Å². The predicted octanol–water partition coefficient (Wildman–Crippen LogP) is -4.39. The molecule has 47 heteroatoms. The fourth-order valence-corrected chi connectivity index (χ4v) is 17.1. The number of carbonyl (C=O) groups is 20. The molecule has 23 N–H and O–H groups in total. The van der Waals surface area contributed by atoms with Crippen LogP contribution in [0.2, 0.25) is 0 Å². The van der Waals surface area contributed by atoms with E-state index in [0.29, 0.717) is 63.1 Å². The number of hydrogen-bond donors (Lipinski definition) is 20. The number of nitrogens with two attached hydrogens (primary N) is 3. The molecule has 5 heterocycles. The topological polar surface area (TPSA) is 698 Å². The maximum Gasteiger partial charge on any atom is 0.323 e. The Morgan fingerprint density at radius 3 is 1.71 bits per heavy atom. The lowest BCUT2D eigenvalue weighted by Gasteiger charge is -2.36. The van der Waals surface area contributed by atoms with Gasteiger partial charge in [-0.1, -0.05) is 88.1 Å². The molecule has 0 bridgehead atoms. The Bertz CT molecular complexity index is 5190. The summed E-state index contributed by atoms with van der Waals surface area (Å²) in [7, 11) is 3.60. The summed E-state index contributed by atoms with van der Waals surface area (Å²) in [6.07, 6.45) is -3.48. The molecular weight excluding hydrogens is 1790 g/mol. The van der Waals surface area contributed by atoms with Crippen LogP contribution in [0.15, 0.2) is 85.2 Å². The lowest BCUT2D eigenvalue weighted by molar-refractivity contribution is -0.149. The molecule has 0 spiro atoms. The Labute approximate surface area is 779 Å². The molecule has 0 radical (unpaired) electrons. The van der Waals surface area contributed by atoms with E-state index in [2.05, 4.69) is 58.2 Å². The summed E-state index contributed by atoms with van der Waals surface area (Å²) < 4.78 is 1.39. The highest BCUT2D eigenvalue weighted by atomic mass is 32.2. The number of likely N-dealkylation sites (N-methyl/N-ethyl adjacent to an activating group) is 3. The first-order chi connectivity index (χ1) is 64.1. The van der Waals surface area contributed by atoms with Crippen molar-refractivity contribution in [2.24, 2.45) is 17.2 Å². The average Bonchev–Trinajstić information content (AvgIpc) is 1.55. The van der Waals surface area contributed by atoms with E-state index < -0.39 is 285 Å². The Morgan fingerprint density at radius 1 is 0.519 bits per heavy atom. The zero-order valence-corrected chi connectivity index (χ0v) is 76.4. The van der Waals surface area contributed by atoms with Gasteiger partial charge in [-0.3, -0.25) is 95.9 Å². The summed E-state index contributed by atoms with van der Waals surface area (Å²) >= 11 is 0.643. The molecule has 16 amide bonds. The second-order valence-electron chi connectivity index (χ2n) is 33.5. The fourth-order valence-electron chi connectivity index (χ4n) is 16.3. The molecule has 0 saturated carbocycles. The first-order valence-corrected chi connectivity index (χ1v) is 45.4. The molecular formula is C88H120N20O26S. The minimum Gasteiger partial charge on any atom is -0.508 e. The van der Waals surface area contributed by atoms with Crippen molar-refractivity contribution in [2.45, 2.75) is 227 Å². The number of primary amides is 1. The van der Waals surface area contributed by atoms with Gasteiger partial charge in [0.1, 0.15) is 96.9 Å². The summed E-state index contributed by atoms with van der Waals surface area (Å²) in [4.78, 5) is 293. The number of aliphatic hydroxyl groups excluding tert-OH is 1. The van der Waals surface area contributed by atoms with Crippen LogP contribution in [0, 0.1) is 0 Å². The smallest absolute Gasteiger partial charge is 0.323 e. The normalized spacial score (nSPS) is 24.7. The van der Waals surface area contributed by atoms with Gasteiger partial charge in [0.15, 0.2) is 0 Å². The molecule has 3 aromatic carbocycles. The first-order valence-electron chi connectivity index (χ1n) is 44.2. The predicted molar refractivity (Wildman–Crippen MR) is 483 cm³/mol. The Morgan fingerprint density at radius 2 is 1.07 bits per heavy atom. The number of aliphatic hydroxyl groups is 1. The van der Waals surface area contributed by atoms with Gasteiger partial charge in [-0.2, -0.15) is 0 Å². The number of para-hydroxylation sites is 2. The minimum absolute atomic E-state index is 0.0828. The fraction of sp³-hybridized carbons (Fsp3) is 0.523. The quantitative estimate of drug-likeness (QED) is 0.0236. The molecule has 5 aromatic rings. The Hall–Kier alpha value is -13.8. The number of carboxylic acids is 4. The number of phenolic OH excluding ortho intramolecular Hbond substituents is 1. The molecule has 734 valence electrons. The molecule has 0 aliphatic carbocycles. The SMILES string of the molecule is CCCC[C@H]1C(=O)N(C)[C@@H](CCCC)C(=O)N[C@@H](CC(=O)O)C(=O)N[C@H](C(=O)NCC(N)=O)CSCC(=O)N[C@@H](Cc2ccc(O)cc2)C(=O)N(C)[C@@H](C)C(=O)N[C@@H](CC(=O)O)C(=O)N2CCCC2C(=O)N[C@@H](CN)C(=O)N[C@@H](CCC(=O)O)C(=O)N2C[C@H](O)C[C@H]2C(=O)N[C@@H](Cc2c[nH]c3ccccc23)C(=O)N[C@@H](CCN)C(=O)N[C@@H](Cc2cn(CC(=O)O)c3ccccc23)C(=O)N1C. The maximum atomic E-state index is 15.9. The summed E-state index contributed by atoms with van der Waals surface area (Å²) in [5.74, 6) is -24.8. The van der Waals surface area contributed by atoms with Crippen molar-refractivity contribution in [3.63, 3.8) is 0 Å². The average molecular weight is 1910 g/mol. The molecule has 3 aliphatic heterocycles. The number of H-pyrrole nitrogens is 1. The molecule has 46 nitrogen and oxygen atoms in total. The van der Waals surface area contributed by atoms with E-state index in [9.17, 15) is 93.0 Å². The number of aromatic hydroxyl groups is 1. The largest absolute Gasteiger partial charge is 0.508 e. The summed E-state index contributed by atoms with van der Waals surface area (Å²) in [5.41, 5.74) is 19.7. The van der Waals surface area contributed by atoms with Gasteiger partial charge in [0.2, 0.25) is 94.5 Å². The van der Waals surface area contributed by atoms with Gasteiger partial charge < -0.3 is 135 Å². The summed E-state index contributed by atoms with van der Waals surface area (Å²) in [6.45, 7) is 1.38. The summed E-state index contributed by atoms with van der Waals surface area (Å²) in [6, 6.07) is -5.56. The minimum atomic E-state index is -2.07. The van der Waals surface area contributed by atoms with Gasteiger partial charge >= 0.3 is 23.9 Å². The van der Waals surface area contributed by atoms with Crippen molar-refractivity contribution in [3.8, 4) is 5.75 Å². The van der Waals surface area contributed by atoms with Crippen LogP contribution in [0.1, 0.15) is 127 Å². The number of nitrogens with zero attached hydrogens (tertiary/aromatic N) is 6. The third-order valence-corrected chi connectivity index (χ3v) is 24.7. The van der Waals surface area contributed by atoms with Gasteiger partial charge in [0.25, 0.3) is 0 Å². The second kappa shape index (κ2) is 50.3. The van der Waals surface area contributed by atoms with Crippen molar-refractivity contribution in [1.29, 1.82) is 0 Å². The van der Waals surface area contributed by atoms with E-state index >= 15 is 33.6 Å². The third-order valence-electron chi connectivity index (χ3n) is 23.7. The second-order valence-corrected chi connectivity index (χ2v) is 34.5. The third kappa shape index (κ3) is 29.6. The number of thioether (sulfide) groups is 1. The lowest BCUT2D eigenvalue weighted by atomic mass is 9.99. The molecule has 3 fully saturated rings. The van der Waals surface area contributed by atoms with E-state index in [1.807, 2.05) is 0 Å². The summed E-state index contributed by atoms with van der Waals surface area (Å²) in [5, 5.41) is 87.8. The van der Waals surface area contributed by atoms with Crippen LogP contribution >= 0.6 is 11.8 Å². The number of hydrogen-bond acceptors (Lipinski definition) is 25. The molecule has 15 atom stereocenters. The molecule has 135 heavy (non-hydrogen) atoms. The number of aliphatic carboxylic acids is 4. The number of nitrogens with one attached hydrogen (secondary N) is 11. The highest BCUT2D eigenvalue weighted by molar-refractivity contribution is 8.00. The lowest BCUT2D eigenvalue weighted by Crippen LogP contribution is -2.61. The number of amides is 16. The molecule has 1 unspecified atom stereocenters.